The summed E-state index contributed by atoms with van der Waals surface area (Å²) < 4.78 is 0. The van der Waals surface area contributed by atoms with Gasteiger partial charge in [-0.05, 0) is 60.2 Å². The molecule has 4 rings (SSSR count). The first-order valence-corrected chi connectivity index (χ1v) is 10.8. The third kappa shape index (κ3) is 5.67. The second-order valence-corrected chi connectivity index (χ2v) is 8.04. The number of nitrogens with zero attached hydrogens (tertiary/aromatic N) is 4. The van der Waals surface area contributed by atoms with Crippen molar-refractivity contribution >= 4 is 28.2 Å². The molecule has 2 aromatic carbocycles. The molecule has 1 amide bonds. The van der Waals surface area contributed by atoms with E-state index in [0.717, 1.165) is 27.8 Å². The molecule has 33 heavy (non-hydrogen) atoms. The summed E-state index contributed by atoms with van der Waals surface area (Å²) in [5, 5.41) is 1.95. The first kappa shape index (κ1) is 22.3. The lowest BCUT2D eigenvalue weighted by molar-refractivity contribution is -0.119. The Balaban J connectivity index is 1.52. The SMILES string of the molecule is CC(=O)c1ccc2cc(N(C)C(=O)CN(Cc3ccccn3)Cc3ccccn3)ccc2c1. The van der Waals surface area contributed by atoms with Crippen molar-refractivity contribution in [3.8, 4) is 0 Å². The largest absolute Gasteiger partial charge is 0.314 e. The Hall–Kier alpha value is -3.90. The Morgan fingerprint density at radius 3 is 1.97 bits per heavy atom. The third-order valence-corrected chi connectivity index (χ3v) is 5.57. The van der Waals surface area contributed by atoms with Crippen LogP contribution < -0.4 is 4.90 Å². The molecule has 0 radical (unpaired) electrons. The van der Waals surface area contributed by atoms with Crippen LogP contribution in [0, 0.1) is 0 Å². The van der Waals surface area contributed by atoms with E-state index < -0.39 is 0 Å². The molecule has 0 N–H and O–H groups in total. The van der Waals surface area contributed by atoms with Crippen LogP contribution in [0.5, 0.6) is 0 Å². The van der Waals surface area contributed by atoms with Gasteiger partial charge in [-0.15, -0.1) is 0 Å². The number of rotatable bonds is 8. The van der Waals surface area contributed by atoms with Crippen molar-refractivity contribution in [2.45, 2.75) is 20.0 Å². The first-order chi connectivity index (χ1) is 16.0. The van der Waals surface area contributed by atoms with Gasteiger partial charge in [0.2, 0.25) is 5.91 Å². The van der Waals surface area contributed by atoms with Gasteiger partial charge in [-0.1, -0.05) is 30.3 Å². The molecule has 2 heterocycles. The molecule has 0 unspecified atom stereocenters. The van der Waals surface area contributed by atoms with Crippen molar-refractivity contribution in [3.05, 3.63) is 102 Å². The average Bonchev–Trinajstić information content (AvgIpc) is 2.84. The highest BCUT2D eigenvalue weighted by atomic mass is 16.2. The number of carbonyl (C=O) groups excluding carboxylic acids is 2. The number of carbonyl (C=O) groups is 2. The molecule has 6 nitrogen and oxygen atoms in total. The van der Waals surface area contributed by atoms with Crippen molar-refractivity contribution in [2.24, 2.45) is 0 Å². The molecule has 0 aliphatic rings. The molecule has 0 atom stereocenters. The summed E-state index contributed by atoms with van der Waals surface area (Å²) in [5.74, 6) is 0.00995. The number of anilines is 1. The minimum atomic E-state index is -0.0263. The summed E-state index contributed by atoms with van der Waals surface area (Å²) >= 11 is 0. The van der Waals surface area contributed by atoms with Gasteiger partial charge in [0.25, 0.3) is 0 Å². The molecule has 4 aromatic rings. The number of Topliss-reactive ketones (excluding diaryl/α,β-unsaturated/α-hetero) is 1. The minimum absolute atomic E-state index is 0.0263. The van der Waals surface area contributed by atoms with Crippen molar-refractivity contribution in [2.75, 3.05) is 18.5 Å². The predicted octanol–water partition coefficient (Wildman–Crippen LogP) is 4.50. The number of hydrogen-bond donors (Lipinski definition) is 0. The number of hydrogen-bond acceptors (Lipinski definition) is 5. The normalized spacial score (nSPS) is 11.0. The number of ketones is 1. The van der Waals surface area contributed by atoms with Crippen LogP contribution in [0.15, 0.2) is 85.2 Å². The standard InChI is InChI=1S/C27H26N4O2/c1-20(32)21-9-10-23-16-26(12-11-22(23)15-21)30(2)27(33)19-31(17-24-7-3-5-13-28-24)18-25-8-4-6-14-29-25/h3-16H,17-19H2,1-2H3. The van der Waals surface area contributed by atoms with E-state index >= 15 is 0 Å². The van der Waals surface area contributed by atoms with Crippen molar-refractivity contribution in [3.63, 3.8) is 0 Å². The van der Waals surface area contributed by atoms with Gasteiger partial charge >= 0.3 is 0 Å². The molecule has 0 fully saturated rings. The molecule has 166 valence electrons. The molecule has 0 saturated carbocycles. The maximum absolute atomic E-state index is 13.2. The molecule has 0 bridgehead atoms. The molecular weight excluding hydrogens is 412 g/mol. The smallest absolute Gasteiger partial charge is 0.240 e. The number of likely N-dealkylation sites (N-methyl/N-ethyl adjacent to an activating group) is 1. The predicted molar refractivity (Wildman–Crippen MR) is 130 cm³/mol. The highest BCUT2D eigenvalue weighted by molar-refractivity contribution is 6.00. The Bertz CT molecular complexity index is 1220. The topological polar surface area (TPSA) is 66.4 Å². The van der Waals surface area contributed by atoms with Gasteiger partial charge in [0, 0.05) is 43.8 Å². The van der Waals surface area contributed by atoms with E-state index in [2.05, 4.69) is 9.97 Å². The van der Waals surface area contributed by atoms with Gasteiger partial charge in [-0.2, -0.15) is 0 Å². The summed E-state index contributed by atoms with van der Waals surface area (Å²) in [7, 11) is 1.78. The van der Waals surface area contributed by atoms with E-state index in [4.69, 9.17) is 0 Å². The zero-order valence-corrected chi connectivity index (χ0v) is 18.8. The lowest BCUT2D eigenvalue weighted by Crippen LogP contribution is -2.38. The second kappa shape index (κ2) is 10.1. The number of fused-ring (bicyclic) bond motifs is 1. The number of benzene rings is 2. The van der Waals surface area contributed by atoms with E-state index in [1.54, 1.807) is 31.3 Å². The maximum atomic E-state index is 13.2. The van der Waals surface area contributed by atoms with E-state index in [1.807, 2.05) is 77.7 Å². The average molecular weight is 439 g/mol. The molecule has 0 aliphatic carbocycles. The second-order valence-electron chi connectivity index (χ2n) is 8.04. The van der Waals surface area contributed by atoms with Crippen LogP contribution in [-0.2, 0) is 17.9 Å². The van der Waals surface area contributed by atoms with Crippen LogP contribution in [0.1, 0.15) is 28.7 Å². The van der Waals surface area contributed by atoms with Crippen LogP contribution in [0.3, 0.4) is 0 Å². The monoisotopic (exact) mass is 438 g/mol. The number of aromatic nitrogens is 2. The first-order valence-electron chi connectivity index (χ1n) is 10.8. The van der Waals surface area contributed by atoms with E-state index in [-0.39, 0.29) is 18.2 Å². The van der Waals surface area contributed by atoms with Crippen LogP contribution in [0.4, 0.5) is 5.69 Å². The Labute approximate surface area is 193 Å². The van der Waals surface area contributed by atoms with Crippen molar-refractivity contribution in [1.82, 2.24) is 14.9 Å². The van der Waals surface area contributed by atoms with E-state index in [9.17, 15) is 9.59 Å². The molecular formula is C27H26N4O2. The van der Waals surface area contributed by atoms with Crippen LogP contribution >= 0.6 is 0 Å². The maximum Gasteiger partial charge on any atom is 0.240 e. The summed E-state index contributed by atoms with van der Waals surface area (Å²) in [6.07, 6.45) is 3.52. The van der Waals surface area contributed by atoms with Crippen molar-refractivity contribution in [1.29, 1.82) is 0 Å². The Kier molecular flexibility index (Phi) is 6.86. The van der Waals surface area contributed by atoms with E-state index in [1.165, 1.54) is 0 Å². The third-order valence-electron chi connectivity index (χ3n) is 5.57. The Morgan fingerprint density at radius 2 is 1.39 bits per heavy atom. The van der Waals surface area contributed by atoms with E-state index in [0.29, 0.717) is 18.7 Å². The van der Waals surface area contributed by atoms with Crippen LogP contribution in [0.25, 0.3) is 10.8 Å². The van der Waals surface area contributed by atoms with Crippen molar-refractivity contribution < 1.29 is 9.59 Å². The van der Waals surface area contributed by atoms with Crippen LogP contribution in [-0.4, -0.2) is 40.2 Å². The highest BCUT2D eigenvalue weighted by Gasteiger charge is 2.18. The molecule has 0 spiro atoms. The Morgan fingerprint density at radius 1 is 0.788 bits per heavy atom. The van der Waals surface area contributed by atoms with Gasteiger partial charge < -0.3 is 4.90 Å². The highest BCUT2D eigenvalue weighted by Crippen LogP contribution is 2.23. The van der Waals surface area contributed by atoms with Gasteiger partial charge in [0.1, 0.15) is 0 Å². The van der Waals surface area contributed by atoms with Gasteiger partial charge in [-0.3, -0.25) is 24.5 Å². The summed E-state index contributed by atoms with van der Waals surface area (Å²) in [6.45, 7) is 2.87. The summed E-state index contributed by atoms with van der Waals surface area (Å²) in [6, 6.07) is 23.0. The quantitative estimate of drug-likeness (QED) is 0.379. The fourth-order valence-electron chi connectivity index (χ4n) is 3.71. The molecule has 0 aliphatic heterocycles. The number of pyridine rings is 2. The van der Waals surface area contributed by atoms with Gasteiger partial charge in [-0.25, -0.2) is 0 Å². The zero-order valence-electron chi connectivity index (χ0n) is 18.8. The lowest BCUT2D eigenvalue weighted by atomic mass is 10.0. The fourth-order valence-corrected chi connectivity index (χ4v) is 3.71. The molecule has 0 saturated heterocycles. The minimum Gasteiger partial charge on any atom is -0.314 e. The summed E-state index contributed by atoms with van der Waals surface area (Å²) in [5.41, 5.74) is 3.28. The van der Waals surface area contributed by atoms with Gasteiger partial charge in [0.05, 0.1) is 17.9 Å². The summed E-state index contributed by atoms with van der Waals surface area (Å²) in [4.78, 5) is 37.4. The fraction of sp³-hybridized carbons (Fsp3) is 0.185. The van der Waals surface area contributed by atoms with Crippen LogP contribution in [0.2, 0.25) is 0 Å². The van der Waals surface area contributed by atoms with Gasteiger partial charge in [0.15, 0.2) is 5.78 Å². The molecule has 2 aromatic heterocycles. The molecule has 6 heteroatoms. The number of amides is 1. The lowest BCUT2D eigenvalue weighted by Gasteiger charge is -2.25. The zero-order chi connectivity index (χ0) is 23.2.